The summed E-state index contributed by atoms with van der Waals surface area (Å²) in [5, 5.41) is 10.4. The number of aromatic hydroxyl groups is 1. The molecule has 1 aliphatic rings. The molecule has 3 aromatic carbocycles. The number of phenols is 1. The van der Waals surface area contributed by atoms with E-state index in [2.05, 4.69) is 42.5 Å². The molecule has 0 spiro atoms. The molecule has 2 heteroatoms. The van der Waals surface area contributed by atoms with Gasteiger partial charge in [-0.25, -0.2) is 0 Å². The topological polar surface area (TPSA) is 29.5 Å². The number of benzene rings is 3. The summed E-state index contributed by atoms with van der Waals surface area (Å²) in [6, 6.07) is 22.3. The molecular weight excluding hydrogens is 308 g/mol. The van der Waals surface area contributed by atoms with Gasteiger partial charge in [-0.05, 0) is 64.9 Å². The Morgan fingerprint density at radius 3 is 2.56 bits per heavy atom. The number of ether oxygens (including phenoxy) is 1. The molecule has 1 N–H and O–H groups in total. The SMILES string of the molecule is COc1cccc(C=C2c3ccccc3CCc3c(O)cccc32)c1. The van der Waals surface area contributed by atoms with Crippen molar-refractivity contribution in [2.75, 3.05) is 7.11 Å². The van der Waals surface area contributed by atoms with Crippen LogP contribution in [0, 0.1) is 0 Å². The van der Waals surface area contributed by atoms with E-state index in [1.165, 1.54) is 11.1 Å². The van der Waals surface area contributed by atoms with Gasteiger partial charge in [-0.2, -0.15) is 0 Å². The summed E-state index contributed by atoms with van der Waals surface area (Å²) in [6.07, 6.45) is 3.95. The number of rotatable bonds is 2. The van der Waals surface area contributed by atoms with Crippen molar-refractivity contribution in [1.29, 1.82) is 0 Å². The average Bonchev–Trinajstić information content (AvgIpc) is 2.81. The van der Waals surface area contributed by atoms with Crippen molar-refractivity contribution in [1.82, 2.24) is 0 Å². The van der Waals surface area contributed by atoms with Gasteiger partial charge in [0.15, 0.2) is 0 Å². The van der Waals surface area contributed by atoms with Crippen molar-refractivity contribution in [2.45, 2.75) is 12.8 Å². The molecule has 124 valence electrons. The number of hydrogen-bond acceptors (Lipinski definition) is 2. The molecule has 3 aromatic rings. The summed E-state index contributed by atoms with van der Waals surface area (Å²) >= 11 is 0. The van der Waals surface area contributed by atoms with E-state index in [0.717, 1.165) is 40.9 Å². The second-order valence-corrected chi connectivity index (χ2v) is 6.30. The van der Waals surface area contributed by atoms with E-state index in [-0.39, 0.29) is 0 Å². The van der Waals surface area contributed by atoms with Gasteiger partial charge in [0.2, 0.25) is 0 Å². The standard InChI is InChI=1S/C23H20O2/c1-25-18-8-4-6-16(14-18)15-22-19-9-3-2-7-17(19)12-13-21-20(22)10-5-11-23(21)24/h2-11,14-15,24H,12-13H2,1H3. The van der Waals surface area contributed by atoms with Crippen LogP contribution in [-0.2, 0) is 12.8 Å². The van der Waals surface area contributed by atoms with Crippen LogP contribution in [-0.4, -0.2) is 12.2 Å². The zero-order chi connectivity index (χ0) is 17.2. The largest absolute Gasteiger partial charge is 0.508 e. The number of phenolic OH excluding ortho intramolecular Hbond substituents is 1. The van der Waals surface area contributed by atoms with Crippen molar-refractivity contribution < 1.29 is 9.84 Å². The van der Waals surface area contributed by atoms with Gasteiger partial charge in [-0.1, -0.05) is 48.5 Å². The summed E-state index contributed by atoms with van der Waals surface area (Å²) < 4.78 is 5.36. The highest BCUT2D eigenvalue weighted by Crippen LogP contribution is 2.38. The minimum absolute atomic E-state index is 0.377. The second kappa shape index (κ2) is 6.48. The summed E-state index contributed by atoms with van der Waals surface area (Å²) in [6.45, 7) is 0. The third-order valence-corrected chi connectivity index (χ3v) is 4.80. The normalized spacial score (nSPS) is 14.5. The smallest absolute Gasteiger partial charge is 0.119 e. The molecule has 0 bridgehead atoms. The van der Waals surface area contributed by atoms with Crippen molar-refractivity contribution in [3.63, 3.8) is 0 Å². The minimum atomic E-state index is 0.377. The van der Waals surface area contributed by atoms with Gasteiger partial charge < -0.3 is 9.84 Å². The van der Waals surface area contributed by atoms with Gasteiger partial charge in [0.1, 0.15) is 11.5 Å². The van der Waals surface area contributed by atoms with Crippen molar-refractivity contribution >= 4 is 11.6 Å². The van der Waals surface area contributed by atoms with Crippen LogP contribution in [0.5, 0.6) is 11.5 Å². The number of fused-ring (bicyclic) bond motifs is 2. The van der Waals surface area contributed by atoms with E-state index in [1.54, 1.807) is 13.2 Å². The summed E-state index contributed by atoms with van der Waals surface area (Å²) in [4.78, 5) is 0. The Morgan fingerprint density at radius 2 is 1.68 bits per heavy atom. The Kier molecular flexibility index (Phi) is 4.02. The number of methoxy groups -OCH3 is 1. The zero-order valence-electron chi connectivity index (χ0n) is 14.2. The maximum Gasteiger partial charge on any atom is 0.119 e. The van der Waals surface area contributed by atoms with Gasteiger partial charge in [0, 0.05) is 5.56 Å². The van der Waals surface area contributed by atoms with E-state index < -0.39 is 0 Å². The highest BCUT2D eigenvalue weighted by Gasteiger charge is 2.19. The lowest BCUT2D eigenvalue weighted by molar-refractivity contribution is 0.414. The lowest BCUT2D eigenvalue weighted by Crippen LogP contribution is -1.93. The first-order chi connectivity index (χ1) is 12.3. The quantitative estimate of drug-likeness (QED) is 0.710. The van der Waals surface area contributed by atoms with Gasteiger partial charge >= 0.3 is 0 Å². The molecule has 2 nitrogen and oxygen atoms in total. The van der Waals surface area contributed by atoms with E-state index in [4.69, 9.17) is 4.74 Å². The molecule has 0 amide bonds. The average molecular weight is 328 g/mol. The number of aryl methyl sites for hydroxylation is 1. The molecule has 0 saturated heterocycles. The molecule has 0 aromatic heterocycles. The maximum atomic E-state index is 10.4. The first-order valence-electron chi connectivity index (χ1n) is 8.51. The molecule has 0 aliphatic heterocycles. The molecule has 0 radical (unpaired) electrons. The second-order valence-electron chi connectivity index (χ2n) is 6.30. The number of hydrogen-bond donors (Lipinski definition) is 1. The Balaban J connectivity index is 1.96. The van der Waals surface area contributed by atoms with E-state index >= 15 is 0 Å². The fourth-order valence-corrected chi connectivity index (χ4v) is 3.55. The summed E-state index contributed by atoms with van der Waals surface area (Å²) in [5.41, 5.74) is 6.90. The molecule has 25 heavy (non-hydrogen) atoms. The van der Waals surface area contributed by atoms with Crippen LogP contribution in [0.1, 0.15) is 27.8 Å². The van der Waals surface area contributed by atoms with Crippen molar-refractivity contribution in [2.24, 2.45) is 0 Å². The van der Waals surface area contributed by atoms with E-state index in [0.29, 0.717) is 5.75 Å². The lowest BCUT2D eigenvalue weighted by Gasteiger charge is -2.13. The molecule has 0 saturated carbocycles. The molecule has 0 unspecified atom stereocenters. The molecule has 0 atom stereocenters. The van der Waals surface area contributed by atoms with Crippen LogP contribution in [0.15, 0.2) is 66.7 Å². The maximum absolute atomic E-state index is 10.4. The molecular formula is C23H20O2. The van der Waals surface area contributed by atoms with E-state index in [9.17, 15) is 5.11 Å². The third-order valence-electron chi connectivity index (χ3n) is 4.80. The molecule has 1 aliphatic carbocycles. The van der Waals surface area contributed by atoms with Gasteiger partial charge in [-0.3, -0.25) is 0 Å². The molecule has 0 heterocycles. The molecule has 4 rings (SSSR count). The highest BCUT2D eigenvalue weighted by molar-refractivity contribution is 5.94. The van der Waals surface area contributed by atoms with Crippen molar-refractivity contribution in [3.05, 3.63) is 94.5 Å². The van der Waals surface area contributed by atoms with Crippen LogP contribution >= 0.6 is 0 Å². The fraction of sp³-hybridized carbons (Fsp3) is 0.130. The van der Waals surface area contributed by atoms with Crippen LogP contribution in [0.25, 0.3) is 11.6 Å². The minimum Gasteiger partial charge on any atom is -0.508 e. The monoisotopic (exact) mass is 328 g/mol. The predicted molar refractivity (Wildman–Crippen MR) is 102 cm³/mol. The first kappa shape index (κ1) is 15.5. The highest BCUT2D eigenvalue weighted by atomic mass is 16.5. The Labute approximate surface area is 148 Å². The van der Waals surface area contributed by atoms with Crippen molar-refractivity contribution in [3.8, 4) is 11.5 Å². The summed E-state index contributed by atoms with van der Waals surface area (Å²) in [5.74, 6) is 1.22. The van der Waals surface area contributed by atoms with Gasteiger partial charge in [0.25, 0.3) is 0 Å². The predicted octanol–water partition coefficient (Wildman–Crippen LogP) is 5.09. The van der Waals surface area contributed by atoms with Gasteiger partial charge in [0.05, 0.1) is 7.11 Å². The van der Waals surface area contributed by atoms with E-state index in [1.807, 2.05) is 24.3 Å². The van der Waals surface area contributed by atoms with Crippen LogP contribution in [0.3, 0.4) is 0 Å². The van der Waals surface area contributed by atoms with Gasteiger partial charge in [-0.15, -0.1) is 0 Å². The Bertz CT molecular complexity index is 954. The first-order valence-corrected chi connectivity index (χ1v) is 8.51. The lowest BCUT2D eigenvalue weighted by atomic mass is 9.92. The Morgan fingerprint density at radius 1 is 0.880 bits per heavy atom. The van der Waals surface area contributed by atoms with Crippen LogP contribution in [0.4, 0.5) is 0 Å². The molecule has 0 fully saturated rings. The van der Waals surface area contributed by atoms with Crippen LogP contribution < -0.4 is 4.74 Å². The summed E-state index contributed by atoms with van der Waals surface area (Å²) in [7, 11) is 1.68. The fourth-order valence-electron chi connectivity index (χ4n) is 3.55. The third kappa shape index (κ3) is 2.91. The Hall–Kier alpha value is -3.00. The van der Waals surface area contributed by atoms with Crippen LogP contribution in [0.2, 0.25) is 0 Å². The zero-order valence-corrected chi connectivity index (χ0v) is 14.2.